The van der Waals surface area contributed by atoms with Crippen LogP contribution in [0.15, 0.2) is 47.5 Å². The molecule has 1 saturated heterocycles. The smallest absolute Gasteiger partial charge is 0.191 e. The van der Waals surface area contributed by atoms with Crippen molar-refractivity contribution in [1.82, 2.24) is 10.6 Å². The molecule has 33 heavy (non-hydrogen) atoms. The summed E-state index contributed by atoms with van der Waals surface area (Å²) in [7, 11) is 1.79. The summed E-state index contributed by atoms with van der Waals surface area (Å²) in [5.41, 5.74) is 3.60. The molecule has 182 valence electrons. The van der Waals surface area contributed by atoms with Crippen LogP contribution in [0.25, 0.3) is 0 Å². The number of nitrogens with one attached hydrogen (secondary N) is 2. The van der Waals surface area contributed by atoms with Crippen LogP contribution < -0.4 is 25.0 Å². The Morgan fingerprint density at radius 3 is 2.45 bits per heavy atom. The van der Waals surface area contributed by atoms with Crippen LogP contribution in [-0.4, -0.2) is 52.5 Å². The number of aliphatic imine (C=N–C) groups is 1. The summed E-state index contributed by atoms with van der Waals surface area (Å²) in [6.45, 7) is 11.3. The molecule has 1 unspecified atom stereocenters. The molecule has 2 N–H and O–H groups in total. The first kappa shape index (κ1) is 27.0. The first-order valence-corrected chi connectivity index (χ1v) is 11.4. The molecular weight excluding hydrogens is 531 g/mol. The lowest BCUT2D eigenvalue weighted by atomic mass is 10.1. The molecule has 1 aliphatic rings. The largest absolute Gasteiger partial charge is 0.490 e. The fourth-order valence-corrected chi connectivity index (χ4v) is 3.77. The third-order valence-corrected chi connectivity index (χ3v) is 5.43. The molecule has 0 aromatic heterocycles. The summed E-state index contributed by atoms with van der Waals surface area (Å²) >= 11 is 0. The first-order valence-electron chi connectivity index (χ1n) is 11.4. The fraction of sp³-hybridized carbons (Fsp3) is 0.480. The third kappa shape index (κ3) is 7.67. The Bertz CT molecular complexity index is 888. The van der Waals surface area contributed by atoms with E-state index in [1.165, 1.54) is 11.3 Å². The summed E-state index contributed by atoms with van der Waals surface area (Å²) in [5.74, 6) is 2.29. The van der Waals surface area contributed by atoms with E-state index in [-0.39, 0.29) is 30.0 Å². The second-order valence-electron chi connectivity index (χ2n) is 7.59. The van der Waals surface area contributed by atoms with Crippen LogP contribution in [0.5, 0.6) is 11.5 Å². The molecule has 0 bridgehead atoms. The lowest BCUT2D eigenvalue weighted by Gasteiger charge is -2.30. The Balaban J connectivity index is 0.00000385. The Morgan fingerprint density at radius 2 is 1.76 bits per heavy atom. The van der Waals surface area contributed by atoms with Gasteiger partial charge in [0.1, 0.15) is 0 Å². The van der Waals surface area contributed by atoms with Crippen molar-refractivity contribution in [2.45, 2.75) is 33.4 Å². The number of rotatable bonds is 9. The van der Waals surface area contributed by atoms with Crippen molar-refractivity contribution in [3.63, 3.8) is 0 Å². The van der Waals surface area contributed by atoms with Crippen LogP contribution in [0.2, 0.25) is 0 Å². The number of para-hydroxylation sites is 1. The topological polar surface area (TPSA) is 67.4 Å². The van der Waals surface area contributed by atoms with Gasteiger partial charge in [-0.1, -0.05) is 24.3 Å². The zero-order valence-corrected chi connectivity index (χ0v) is 22.4. The van der Waals surface area contributed by atoms with E-state index in [1.54, 1.807) is 7.05 Å². The number of benzene rings is 2. The molecule has 2 aromatic rings. The Hall–Kier alpha value is -2.20. The SMILES string of the molecule is CCOc1ccc(C(C)NC(=NC)NCc2ccccc2N2CCOCC2)cc1OCC.I. The standard InChI is InChI=1S/C25H36N4O3.HI/c1-5-31-23-12-11-20(17-24(23)32-6-2)19(3)28-25(26-4)27-18-21-9-7-8-10-22(21)29-13-15-30-16-14-29;/h7-12,17,19H,5-6,13-16,18H2,1-4H3,(H2,26,27,28);1H. The van der Waals surface area contributed by atoms with E-state index in [4.69, 9.17) is 14.2 Å². The molecule has 0 aliphatic carbocycles. The first-order chi connectivity index (χ1) is 15.7. The van der Waals surface area contributed by atoms with Crippen LogP contribution >= 0.6 is 24.0 Å². The highest BCUT2D eigenvalue weighted by Crippen LogP contribution is 2.30. The van der Waals surface area contributed by atoms with E-state index in [0.29, 0.717) is 19.8 Å². The van der Waals surface area contributed by atoms with Gasteiger partial charge in [-0.15, -0.1) is 24.0 Å². The maximum atomic E-state index is 5.78. The zero-order valence-electron chi connectivity index (χ0n) is 20.1. The van der Waals surface area contributed by atoms with Crippen molar-refractivity contribution < 1.29 is 14.2 Å². The van der Waals surface area contributed by atoms with Crippen LogP contribution in [0.3, 0.4) is 0 Å². The van der Waals surface area contributed by atoms with Gasteiger partial charge in [-0.2, -0.15) is 0 Å². The summed E-state index contributed by atoms with van der Waals surface area (Å²) < 4.78 is 17.0. The number of anilines is 1. The second-order valence-corrected chi connectivity index (χ2v) is 7.59. The number of halogens is 1. The molecule has 0 amide bonds. The van der Waals surface area contributed by atoms with E-state index in [1.807, 2.05) is 26.0 Å². The number of morpholine rings is 1. The Morgan fingerprint density at radius 1 is 1.06 bits per heavy atom. The molecule has 8 heteroatoms. The van der Waals surface area contributed by atoms with Crippen LogP contribution in [-0.2, 0) is 11.3 Å². The van der Waals surface area contributed by atoms with Crippen molar-refractivity contribution in [3.05, 3.63) is 53.6 Å². The minimum absolute atomic E-state index is 0. The predicted octanol–water partition coefficient (Wildman–Crippen LogP) is 4.36. The molecule has 1 heterocycles. The normalized spacial score (nSPS) is 14.8. The van der Waals surface area contributed by atoms with Gasteiger partial charge in [-0.25, -0.2) is 0 Å². The highest BCUT2D eigenvalue weighted by Gasteiger charge is 2.16. The molecule has 0 spiro atoms. The average Bonchev–Trinajstić information content (AvgIpc) is 2.83. The summed E-state index contributed by atoms with van der Waals surface area (Å²) in [5, 5.41) is 6.94. The summed E-state index contributed by atoms with van der Waals surface area (Å²) in [6.07, 6.45) is 0. The minimum atomic E-state index is 0. The van der Waals surface area contributed by atoms with Crippen molar-refractivity contribution in [2.24, 2.45) is 4.99 Å². The van der Waals surface area contributed by atoms with Gasteiger partial charge in [-0.05, 0) is 50.1 Å². The summed E-state index contributed by atoms with van der Waals surface area (Å²) in [6, 6.07) is 14.6. The van der Waals surface area contributed by atoms with Crippen molar-refractivity contribution >= 4 is 35.6 Å². The van der Waals surface area contributed by atoms with Crippen molar-refractivity contribution in [1.29, 1.82) is 0 Å². The molecule has 1 atom stereocenters. The Labute approximate surface area is 214 Å². The molecule has 2 aromatic carbocycles. The van der Waals surface area contributed by atoms with Gasteiger partial charge in [0.2, 0.25) is 0 Å². The molecule has 1 aliphatic heterocycles. The monoisotopic (exact) mass is 568 g/mol. The van der Waals surface area contributed by atoms with Gasteiger partial charge >= 0.3 is 0 Å². The quantitative estimate of drug-likeness (QED) is 0.266. The van der Waals surface area contributed by atoms with Gasteiger partial charge in [-0.3, -0.25) is 4.99 Å². The number of nitrogens with zero attached hydrogens (tertiary/aromatic N) is 2. The van der Waals surface area contributed by atoms with Crippen LogP contribution in [0, 0.1) is 0 Å². The predicted molar refractivity (Wildman–Crippen MR) is 145 cm³/mol. The zero-order chi connectivity index (χ0) is 22.8. The number of guanidine groups is 1. The van der Waals surface area contributed by atoms with Gasteiger partial charge in [0.05, 0.1) is 32.5 Å². The summed E-state index contributed by atoms with van der Waals surface area (Å²) in [4.78, 5) is 6.80. The maximum Gasteiger partial charge on any atom is 0.191 e. The van der Waals surface area contributed by atoms with E-state index in [0.717, 1.165) is 49.3 Å². The average molecular weight is 569 g/mol. The molecule has 7 nitrogen and oxygen atoms in total. The minimum Gasteiger partial charge on any atom is -0.490 e. The maximum absolute atomic E-state index is 5.78. The number of ether oxygens (including phenoxy) is 3. The number of hydrogen-bond acceptors (Lipinski definition) is 5. The van der Waals surface area contributed by atoms with Crippen LogP contribution in [0.1, 0.15) is 37.9 Å². The van der Waals surface area contributed by atoms with Crippen molar-refractivity contribution in [2.75, 3.05) is 51.5 Å². The van der Waals surface area contributed by atoms with Crippen molar-refractivity contribution in [3.8, 4) is 11.5 Å². The molecule has 1 fully saturated rings. The second kappa shape index (κ2) is 14.1. The lowest BCUT2D eigenvalue weighted by molar-refractivity contribution is 0.122. The Kier molecular flexibility index (Phi) is 11.6. The highest BCUT2D eigenvalue weighted by molar-refractivity contribution is 14.0. The van der Waals surface area contributed by atoms with E-state index in [2.05, 4.69) is 57.8 Å². The van der Waals surface area contributed by atoms with Gasteiger partial charge < -0.3 is 29.7 Å². The van der Waals surface area contributed by atoms with Gasteiger partial charge in [0.15, 0.2) is 17.5 Å². The fourth-order valence-electron chi connectivity index (χ4n) is 3.77. The number of hydrogen-bond donors (Lipinski definition) is 2. The lowest BCUT2D eigenvalue weighted by Crippen LogP contribution is -2.39. The third-order valence-electron chi connectivity index (χ3n) is 5.43. The van der Waals surface area contributed by atoms with Crippen LogP contribution in [0.4, 0.5) is 5.69 Å². The molecule has 0 saturated carbocycles. The van der Waals surface area contributed by atoms with E-state index in [9.17, 15) is 0 Å². The van der Waals surface area contributed by atoms with Gasteiger partial charge in [0, 0.05) is 32.4 Å². The molecule has 0 radical (unpaired) electrons. The van der Waals surface area contributed by atoms with E-state index >= 15 is 0 Å². The van der Waals surface area contributed by atoms with E-state index < -0.39 is 0 Å². The highest BCUT2D eigenvalue weighted by atomic mass is 127. The molecule has 3 rings (SSSR count). The van der Waals surface area contributed by atoms with Gasteiger partial charge in [0.25, 0.3) is 0 Å². The molecular formula is C25H37IN4O3.